The quantitative estimate of drug-likeness (QED) is 0.0637. The number of imidazole rings is 1. The zero-order valence-electron chi connectivity index (χ0n) is 35.9. The third kappa shape index (κ3) is 12.7. The Morgan fingerprint density at radius 2 is 1.19 bits per heavy atom. The van der Waals surface area contributed by atoms with Crippen LogP contribution >= 0.6 is 0 Å². The number of carbonyl (C=O) groups is 6. The van der Waals surface area contributed by atoms with Crippen LogP contribution in [0.2, 0.25) is 0 Å². The fourth-order valence-corrected chi connectivity index (χ4v) is 8.18. The third-order valence-electron chi connectivity index (χ3n) is 11.8. The third-order valence-corrected chi connectivity index (χ3v) is 11.8. The molecule has 1 aromatic heterocycles. The van der Waals surface area contributed by atoms with Gasteiger partial charge in [-0.2, -0.15) is 0 Å². The summed E-state index contributed by atoms with van der Waals surface area (Å²) in [5, 5.41) is 20.6. The molecule has 0 spiro atoms. The lowest BCUT2D eigenvalue weighted by Gasteiger charge is -2.28. The summed E-state index contributed by atoms with van der Waals surface area (Å²) in [6.45, 7) is 1.89. The van der Waals surface area contributed by atoms with E-state index in [0.717, 1.165) is 16.7 Å². The molecule has 4 aliphatic rings. The lowest BCUT2D eigenvalue weighted by atomic mass is 9.87. The topological polar surface area (TPSA) is 293 Å². The van der Waals surface area contributed by atoms with Gasteiger partial charge in [-0.25, -0.2) is 4.98 Å². The number of benzene rings is 1. The number of primary amides is 1. The maximum atomic E-state index is 14.5. The number of rotatable bonds is 23. The first-order valence-electron chi connectivity index (χ1n) is 21.8. The van der Waals surface area contributed by atoms with Crippen molar-refractivity contribution in [3.8, 4) is 0 Å². The molecule has 64 heavy (non-hydrogen) atoms. The molecular formula is C46H60N12O6. The Bertz CT molecular complexity index is 2170. The number of carbonyl (C=O) groups excluding carboxylic acids is 6. The average molecular weight is 877 g/mol. The molecule has 2 aliphatic carbocycles. The molecule has 5 unspecified atom stereocenters. The highest BCUT2D eigenvalue weighted by Gasteiger charge is 2.36. The summed E-state index contributed by atoms with van der Waals surface area (Å²) in [5.41, 5.74) is 20.7. The van der Waals surface area contributed by atoms with Crippen LogP contribution in [0.4, 0.5) is 0 Å². The number of amides is 6. The number of nitrogens with zero attached hydrogens (tertiary/aromatic N) is 1. The Kier molecular flexibility index (Phi) is 16.4. The summed E-state index contributed by atoms with van der Waals surface area (Å²) in [6, 6.07) is 2.34. The van der Waals surface area contributed by atoms with E-state index in [1.807, 2.05) is 79.2 Å². The number of aromatic amines is 1. The van der Waals surface area contributed by atoms with E-state index in [2.05, 4.69) is 47.2 Å². The van der Waals surface area contributed by atoms with Crippen molar-refractivity contribution in [1.29, 1.82) is 0 Å². The van der Waals surface area contributed by atoms with Gasteiger partial charge in [-0.05, 0) is 74.7 Å². The molecule has 340 valence electrons. The molecule has 1 aromatic carbocycles. The van der Waals surface area contributed by atoms with E-state index in [1.54, 1.807) is 18.3 Å². The first kappa shape index (κ1) is 46.7. The van der Waals surface area contributed by atoms with Crippen molar-refractivity contribution in [2.24, 2.45) is 29.0 Å². The van der Waals surface area contributed by atoms with Crippen LogP contribution in [0.5, 0.6) is 0 Å². The highest BCUT2D eigenvalue weighted by Crippen LogP contribution is 2.31. The highest BCUT2D eigenvalue weighted by molar-refractivity contribution is 5.96. The normalized spacial score (nSPS) is 21.8. The fraction of sp³-hybridized carbons (Fsp3) is 0.413. The standard InChI is InChI=1S/C46H60N12O6/c1-27(54-44(62)39(20-29-23-51-35-15-7-5-13-32(29)35)57-43(61)34(48)22-31-25-50-26-53-31)42(60)56-40(21-30-24-52-36-16-8-6-14-33(30)36)46(64)58-38(19-28-11-3-2-4-12-28)45(63)55-37(41(49)59)17-9-10-18-47/h2-8,11-16,23-27,32-40,51-52H,9-10,17-22,47-48H2,1H3,(H2,49,59)(H,50,53)(H,54,62)(H,55,63)(H,56,60)(H,57,61)(H,58,64)/t27-,32?,33?,34?,35?,36?,37-,38+,39+,40-/m0/s1. The van der Waals surface area contributed by atoms with E-state index >= 15 is 0 Å². The number of nitrogens with one attached hydrogen (secondary N) is 8. The Morgan fingerprint density at radius 3 is 1.75 bits per heavy atom. The summed E-state index contributed by atoms with van der Waals surface area (Å²) in [5.74, 6) is -4.04. The molecule has 0 radical (unpaired) electrons. The van der Waals surface area contributed by atoms with Gasteiger partial charge in [0.1, 0.15) is 30.2 Å². The second-order valence-electron chi connectivity index (χ2n) is 16.6. The second kappa shape index (κ2) is 22.5. The van der Waals surface area contributed by atoms with Crippen LogP contribution in [0.25, 0.3) is 0 Å². The Balaban J connectivity index is 1.19. The van der Waals surface area contributed by atoms with Gasteiger partial charge >= 0.3 is 0 Å². The monoisotopic (exact) mass is 876 g/mol. The lowest BCUT2D eigenvalue weighted by molar-refractivity contribution is -0.134. The van der Waals surface area contributed by atoms with Crippen LogP contribution in [0, 0.1) is 11.8 Å². The van der Waals surface area contributed by atoms with Gasteiger partial charge in [0, 0.05) is 36.6 Å². The molecule has 18 nitrogen and oxygen atoms in total. The number of allylic oxidation sites excluding steroid dienone is 4. The van der Waals surface area contributed by atoms with Gasteiger partial charge < -0.3 is 59.4 Å². The van der Waals surface area contributed by atoms with Crippen molar-refractivity contribution in [1.82, 2.24) is 47.2 Å². The molecule has 3 heterocycles. The number of hydrogen-bond acceptors (Lipinski definition) is 11. The van der Waals surface area contributed by atoms with Gasteiger partial charge in [0.2, 0.25) is 35.4 Å². The number of nitrogens with two attached hydrogens (primary N) is 3. The van der Waals surface area contributed by atoms with Crippen molar-refractivity contribution in [3.63, 3.8) is 0 Å². The molecule has 0 saturated heterocycles. The molecule has 2 aliphatic heterocycles. The number of H-pyrrole nitrogens is 1. The van der Waals surface area contributed by atoms with Crippen molar-refractivity contribution < 1.29 is 28.8 Å². The number of aromatic nitrogens is 2. The molecule has 14 N–H and O–H groups in total. The number of fused-ring (bicyclic) bond motifs is 2. The highest BCUT2D eigenvalue weighted by atomic mass is 16.2. The van der Waals surface area contributed by atoms with Crippen LogP contribution in [0.1, 0.15) is 50.3 Å². The van der Waals surface area contributed by atoms with Crippen LogP contribution in [0.15, 0.2) is 115 Å². The molecule has 18 heteroatoms. The Labute approximate surface area is 372 Å². The largest absolute Gasteiger partial charge is 0.384 e. The van der Waals surface area contributed by atoms with Crippen molar-refractivity contribution in [2.45, 2.75) is 100 Å². The second-order valence-corrected chi connectivity index (χ2v) is 16.6. The molecule has 6 amide bonds. The Hall–Kier alpha value is -6.79. The van der Waals surface area contributed by atoms with Crippen molar-refractivity contribution in [3.05, 3.63) is 126 Å². The van der Waals surface area contributed by atoms with Crippen LogP contribution in [-0.4, -0.2) is 100 Å². The van der Waals surface area contributed by atoms with Gasteiger partial charge in [-0.3, -0.25) is 28.8 Å². The van der Waals surface area contributed by atoms with Gasteiger partial charge in [0.05, 0.1) is 24.5 Å². The minimum Gasteiger partial charge on any atom is -0.384 e. The van der Waals surface area contributed by atoms with E-state index in [4.69, 9.17) is 17.2 Å². The van der Waals surface area contributed by atoms with Crippen molar-refractivity contribution >= 4 is 35.4 Å². The predicted molar refractivity (Wildman–Crippen MR) is 241 cm³/mol. The Morgan fingerprint density at radius 1 is 0.656 bits per heavy atom. The van der Waals surface area contributed by atoms with Gasteiger partial charge in [-0.1, -0.05) is 78.9 Å². The van der Waals surface area contributed by atoms with Gasteiger partial charge in [0.25, 0.3) is 0 Å². The van der Waals surface area contributed by atoms with Gasteiger partial charge in [-0.15, -0.1) is 0 Å². The van der Waals surface area contributed by atoms with Crippen LogP contribution < -0.4 is 54.4 Å². The van der Waals surface area contributed by atoms with E-state index in [9.17, 15) is 28.8 Å². The fourth-order valence-electron chi connectivity index (χ4n) is 8.18. The van der Waals surface area contributed by atoms with Crippen LogP contribution in [-0.2, 0) is 41.6 Å². The molecule has 0 saturated carbocycles. The lowest BCUT2D eigenvalue weighted by Crippen LogP contribution is -2.59. The zero-order chi connectivity index (χ0) is 45.6. The first-order valence-corrected chi connectivity index (χ1v) is 21.8. The molecule has 2 aromatic rings. The average Bonchev–Trinajstić information content (AvgIpc) is 4.06. The maximum Gasteiger partial charge on any atom is 0.243 e. The smallest absolute Gasteiger partial charge is 0.243 e. The molecular weight excluding hydrogens is 817 g/mol. The summed E-state index contributed by atoms with van der Waals surface area (Å²) >= 11 is 0. The first-order chi connectivity index (χ1) is 30.9. The summed E-state index contributed by atoms with van der Waals surface area (Å²) < 4.78 is 0. The van der Waals surface area contributed by atoms with Crippen LogP contribution in [0.3, 0.4) is 0 Å². The SMILES string of the molecule is C[C@H](NC(=O)[C@@H](CC1=CNC2C=CC=CC12)NC(=O)C(N)Cc1cnc[nH]1)C(=O)N[C@@H](CC1=CNC2C=CC=CC12)C(=O)N[C@H](Cc1ccccc1)C(=O)N[C@@H](CCCCN)C(N)=O. The zero-order valence-corrected chi connectivity index (χ0v) is 35.9. The van der Waals surface area contributed by atoms with E-state index in [0.29, 0.717) is 25.1 Å². The molecule has 0 fully saturated rings. The molecule has 0 bridgehead atoms. The summed E-state index contributed by atoms with van der Waals surface area (Å²) in [6.07, 6.45) is 24.3. The molecule has 10 atom stereocenters. The number of unbranched alkanes of at least 4 members (excludes halogenated alkanes) is 1. The van der Waals surface area contributed by atoms with E-state index in [-0.39, 0.29) is 56.0 Å². The van der Waals surface area contributed by atoms with E-state index < -0.39 is 71.7 Å². The number of hydrogen-bond donors (Lipinski definition) is 11. The maximum absolute atomic E-state index is 14.5. The van der Waals surface area contributed by atoms with Gasteiger partial charge in [0.15, 0.2) is 0 Å². The summed E-state index contributed by atoms with van der Waals surface area (Å²) in [4.78, 5) is 89.3. The van der Waals surface area contributed by atoms with E-state index in [1.165, 1.54) is 13.3 Å². The minimum absolute atomic E-state index is 0.000285. The summed E-state index contributed by atoms with van der Waals surface area (Å²) in [7, 11) is 0. The van der Waals surface area contributed by atoms with Crippen molar-refractivity contribution in [2.75, 3.05) is 6.54 Å². The minimum atomic E-state index is -1.21. The predicted octanol–water partition coefficient (Wildman–Crippen LogP) is -0.444. The molecule has 6 rings (SSSR count).